The fraction of sp³-hybridized carbons (Fsp3) is 0.500. The molecule has 2 amide bonds. The molecule has 6 nitrogen and oxygen atoms in total. The van der Waals surface area contributed by atoms with E-state index in [0.29, 0.717) is 35.8 Å². The topological polar surface area (TPSA) is 84.5 Å². The molecule has 3 rings (SSSR count). The van der Waals surface area contributed by atoms with Gasteiger partial charge in [0, 0.05) is 10.5 Å². The molecule has 0 atom stereocenters. The fourth-order valence-electron chi connectivity index (χ4n) is 3.34. The number of benzene rings is 1. The summed E-state index contributed by atoms with van der Waals surface area (Å²) in [5.41, 5.74) is 0.0911. The van der Waals surface area contributed by atoms with Crippen LogP contribution in [-0.2, 0) is 14.3 Å². The minimum Gasteiger partial charge on any atom is -0.467 e. The van der Waals surface area contributed by atoms with E-state index in [9.17, 15) is 14.4 Å². The molecule has 2 aliphatic rings. The molecule has 0 radical (unpaired) electrons. The maximum Gasteiger partial charge on any atom is 0.331 e. The summed E-state index contributed by atoms with van der Waals surface area (Å²) in [6.07, 6.45) is 2.88. The molecule has 7 heteroatoms. The van der Waals surface area contributed by atoms with Gasteiger partial charge in [-0.3, -0.25) is 9.59 Å². The molecule has 0 saturated heterocycles. The molecule has 1 aliphatic heterocycles. The van der Waals surface area contributed by atoms with Crippen molar-refractivity contribution in [3.63, 3.8) is 0 Å². The number of methoxy groups -OCH3 is 1. The van der Waals surface area contributed by atoms with Gasteiger partial charge in [0.25, 0.3) is 5.91 Å². The number of anilines is 1. The molecule has 134 valence electrons. The van der Waals surface area contributed by atoms with Crippen LogP contribution in [0.5, 0.6) is 0 Å². The largest absolute Gasteiger partial charge is 0.467 e. The molecule has 1 aromatic rings. The molecule has 1 heterocycles. The highest BCUT2D eigenvalue weighted by atomic mass is 32.2. The second-order valence-corrected chi connectivity index (χ2v) is 7.78. The first-order valence-electron chi connectivity index (χ1n) is 8.41. The number of carbonyl (C=O) groups is 3. The first-order chi connectivity index (χ1) is 11.9. The number of fused-ring (bicyclic) bond motifs is 1. The number of ether oxygens (including phenoxy) is 1. The molecule has 0 aromatic heterocycles. The third-order valence-electron chi connectivity index (χ3n) is 4.93. The highest BCUT2D eigenvalue weighted by molar-refractivity contribution is 8.00. The minimum atomic E-state index is -0.966. The summed E-state index contributed by atoms with van der Waals surface area (Å²) in [6, 6.07) is 5.20. The van der Waals surface area contributed by atoms with Crippen LogP contribution < -0.4 is 10.6 Å². The number of esters is 1. The van der Waals surface area contributed by atoms with Gasteiger partial charge in [-0.2, -0.15) is 0 Å². The zero-order valence-electron chi connectivity index (χ0n) is 14.4. The van der Waals surface area contributed by atoms with E-state index in [1.165, 1.54) is 18.9 Å². The SMILES string of the molecule is COC(=O)C1(NC(=O)c2ccc3c(c2)NC(=O)CS3)CCC(C)CC1. The summed E-state index contributed by atoms with van der Waals surface area (Å²) < 4.78 is 4.96. The van der Waals surface area contributed by atoms with E-state index in [2.05, 4.69) is 17.6 Å². The maximum absolute atomic E-state index is 12.7. The molecule has 1 aliphatic carbocycles. The van der Waals surface area contributed by atoms with Gasteiger partial charge in [0.2, 0.25) is 5.91 Å². The van der Waals surface area contributed by atoms with Crippen molar-refractivity contribution in [3.05, 3.63) is 23.8 Å². The van der Waals surface area contributed by atoms with Gasteiger partial charge in [0.05, 0.1) is 18.6 Å². The van der Waals surface area contributed by atoms with Crippen molar-refractivity contribution in [2.45, 2.75) is 43.0 Å². The Balaban J connectivity index is 1.81. The van der Waals surface area contributed by atoms with Crippen molar-refractivity contribution >= 4 is 35.2 Å². The molecule has 0 bridgehead atoms. The van der Waals surface area contributed by atoms with Gasteiger partial charge >= 0.3 is 5.97 Å². The first-order valence-corrected chi connectivity index (χ1v) is 9.40. The highest BCUT2D eigenvalue weighted by Gasteiger charge is 2.43. The van der Waals surface area contributed by atoms with Crippen LogP contribution in [0.1, 0.15) is 43.0 Å². The first kappa shape index (κ1) is 17.8. The summed E-state index contributed by atoms with van der Waals surface area (Å²) >= 11 is 1.44. The van der Waals surface area contributed by atoms with Gasteiger partial charge in [-0.25, -0.2) is 4.79 Å². The Morgan fingerprint density at radius 2 is 2.04 bits per heavy atom. The van der Waals surface area contributed by atoms with Gasteiger partial charge in [0.1, 0.15) is 5.54 Å². The average Bonchev–Trinajstić information content (AvgIpc) is 2.62. The molecule has 1 aromatic carbocycles. The maximum atomic E-state index is 12.7. The predicted molar refractivity (Wildman–Crippen MR) is 95.6 cm³/mol. The number of hydrogen-bond donors (Lipinski definition) is 2. The van der Waals surface area contributed by atoms with Crippen molar-refractivity contribution in [2.24, 2.45) is 5.92 Å². The van der Waals surface area contributed by atoms with Gasteiger partial charge in [-0.15, -0.1) is 11.8 Å². The van der Waals surface area contributed by atoms with E-state index in [1.54, 1.807) is 12.1 Å². The molecular formula is C18H22N2O4S. The summed E-state index contributed by atoms with van der Waals surface area (Å²) in [7, 11) is 1.35. The van der Waals surface area contributed by atoms with E-state index < -0.39 is 11.5 Å². The Morgan fingerprint density at radius 3 is 2.72 bits per heavy atom. The quantitative estimate of drug-likeness (QED) is 0.808. The fourth-order valence-corrected chi connectivity index (χ4v) is 4.13. The molecule has 0 spiro atoms. The number of carbonyl (C=O) groups excluding carboxylic acids is 3. The van der Waals surface area contributed by atoms with Crippen LogP contribution in [-0.4, -0.2) is 36.2 Å². The van der Waals surface area contributed by atoms with Gasteiger partial charge in [-0.1, -0.05) is 6.92 Å². The van der Waals surface area contributed by atoms with Crippen LogP contribution in [0.25, 0.3) is 0 Å². The van der Waals surface area contributed by atoms with Gasteiger partial charge in [-0.05, 0) is 49.8 Å². The summed E-state index contributed by atoms with van der Waals surface area (Å²) in [4.78, 5) is 37.6. The predicted octanol–water partition coefficient (Wildman–Crippen LogP) is 2.58. The lowest BCUT2D eigenvalue weighted by Crippen LogP contribution is -2.56. The summed E-state index contributed by atoms with van der Waals surface area (Å²) in [5, 5.41) is 5.68. The third kappa shape index (κ3) is 3.66. The third-order valence-corrected chi connectivity index (χ3v) is 6.00. The molecule has 25 heavy (non-hydrogen) atoms. The monoisotopic (exact) mass is 362 g/mol. The second-order valence-electron chi connectivity index (χ2n) is 6.76. The second kappa shape index (κ2) is 7.07. The lowest BCUT2D eigenvalue weighted by Gasteiger charge is -2.37. The summed E-state index contributed by atoms with van der Waals surface area (Å²) in [6.45, 7) is 2.15. The van der Waals surface area contributed by atoms with Crippen LogP contribution in [0.3, 0.4) is 0 Å². The lowest BCUT2D eigenvalue weighted by atomic mass is 9.77. The Kier molecular flexibility index (Phi) is 5.03. The van der Waals surface area contributed by atoms with E-state index >= 15 is 0 Å². The van der Waals surface area contributed by atoms with Gasteiger partial charge in [0.15, 0.2) is 0 Å². The standard InChI is InChI=1S/C18H22N2O4S/c1-11-5-7-18(8-6-11,17(23)24-2)20-16(22)12-3-4-14-13(9-12)19-15(21)10-25-14/h3-4,9,11H,5-8,10H2,1-2H3,(H,19,21)(H,20,22). The number of amides is 2. The molecule has 1 saturated carbocycles. The smallest absolute Gasteiger partial charge is 0.331 e. The summed E-state index contributed by atoms with van der Waals surface area (Å²) in [5.74, 6) is 0.109. The Bertz CT molecular complexity index is 711. The van der Waals surface area contributed by atoms with Crippen LogP contribution in [0.4, 0.5) is 5.69 Å². The Hall–Kier alpha value is -2.02. The lowest BCUT2D eigenvalue weighted by molar-refractivity contribution is -0.150. The number of nitrogens with one attached hydrogen (secondary N) is 2. The van der Waals surface area contributed by atoms with Crippen LogP contribution in [0.15, 0.2) is 23.1 Å². The van der Waals surface area contributed by atoms with Crippen molar-refractivity contribution in [1.29, 1.82) is 0 Å². The molecule has 0 unspecified atom stereocenters. The molecule has 1 fully saturated rings. The van der Waals surface area contributed by atoms with E-state index in [4.69, 9.17) is 4.74 Å². The number of hydrogen-bond acceptors (Lipinski definition) is 5. The van der Waals surface area contributed by atoms with Crippen molar-refractivity contribution in [1.82, 2.24) is 5.32 Å². The normalized spacial score (nSPS) is 25.5. The van der Waals surface area contributed by atoms with Crippen molar-refractivity contribution in [3.8, 4) is 0 Å². The number of thioether (sulfide) groups is 1. The van der Waals surface area contributed by atoms with E-state index in [1.807, 2.05) is 6.07 Å². The van der Waals surface area contributed by atoms with Gasteiger partial charge < -0.3 is 15.4 Å². The number of rotatable bonds is 3. The minimum absolute atomic E-state index is 0.0812. The zero-order chi connectivity index (χ0) is 18.0. The van der Waals surface area contributed by atoms with E-state index in [0.717, 1.165) is 17.7 Å². The van der Waals surface area contributed by atoms with Crippen LogP contribution >= 0.6 is 11.8 Å². The Morgan fingerprint density at radius 1 is 1.32 bits per heavy atom. The van der Waals surface area contributed by atoms with Crippen molar-refractivity contribution in [2.75, 3.05) is 18.2 Å². The molecule has 2 N–H and O–H groups in total. The Labute approximate surface area is 151 Å². The highest BCUT2D eigenvalue weighted by Crippen LogP contribution is 2.34. The van der Waals surface area contributed by atoms with Crippen molar-refractivity contribution < 1.29 is 19.1 Å². The van der Waals surface area contributed by atoms with Crippen LogP contribution in [0.2, 0.25) is 0 Å². The van der Waals surface area contributed by atoms with Crippen LogP contribution in [0, 0.1) is 5.92 Å². The van der Waals surface area contributed by atoms with E-state index in [-0.39, 0.29) is 11.8 Å². The average molecular weight is 362 g/mol. The molecular weight excluding hydrogens is 340 g/mol. The zero-order valence-corrected chi connectivity index (χ0v) is 15.2.